The summed E-state index contributed by atoms with van der Waals surface area (Å²) < 4.78 is 5.46. The van der Waals surface area contributed by atoms with Crippen LogP contribution in [0.4, 0.5) is 4.79 Å². The molecular formula is C26H32N2O5. The van der Waals surface area contributed by atoms with E-state index in [1.165, 1.54) is 0 Å². The van der Waals surface area contributed by atoms with Crippen LogP contribution < -0.4 is 10.6 Å². The fraction of sp³-hybridized carbons (Fsp3) is 0.423. The summed E-state index contributed by atoms with van der Waals surface area (Å²) >= 11 is 0. The minimum atomic E-state index is -0.957. The van der Waals surface area contributed by atoms with Crippen molar-refractivity contribution in [1.82, 2.24) is 10.6 Å². The summed E-state index contributed by atoms with van der Waals surface area (Å²) in [6.07, 6.45) is -0.126. The molecular weight excluding hydrogens is 420 g/mol. The number of carboxylic acids is 1. The van der Waals surface area contributed by atoms with Crippen LogP contribution in [0.15, 0.2) is 48.5 Å². The van der Waals surface area contributed by atoms with Gasteiger partial charge in [-0.25, -0.2) is 4.79 Å². The molecule has 3 N–H and O–H groups in total. The van der Waals surface area contributed by atoms with Gasteiger partial charge >= 0.3 is 12.1 Å². The van der Waals surface area contributed by atoms with Crippen LogP contribution in [0.3, 0.4) is 0 Å². The maximum atomic E-state index is 12.2. The average Bonchev–Trinajstić information content (AvgIpc) is 3.04. The number of ether oxygens (including phenoxy) is 1. The minimum absolute atomic E-state index is 0.0272. The van der Waals surface area contributed by atoms with Crippen molar-refractivity contribution in [1.29, 1.82) is 0 Å². The van der Waals surface area contributed by atoms with Crippen molar-refractivity contribution in [2.45, 2.75) is 52.0 Å². The molecule has 0 aliphatic heterocycles. The van der Waals surface area contributed by atoms with E-state index < -0.39 is 18.1 Å². The van der Waals surface area contributed by atoms with Crippen LogP contribution in [-0.4, -0.2) is 42.3 Å². The molecule has 0 spiro atoms. The third kappa shape index (κ3) is 6.81. The lowest BCUT2D eigenvalue weighted by Crippen LogP contribution is -2.40. The molecule has 7 heteroatoms. The Morgan fingerprint density at radius 3 is 2.12 bits per heavy atom. The largest absolute Gasteiger partial charge is 0.481 e. The van der Waals surface area contributed by atoms with Crippen LogP contribution in [0.5, 0.6) is 0 Å². The van der Waals surface area contributed by atoms with Gasteiger partial charge in [0.15, 0.2) is 0 Å². The fourth-order valence-corrected chi connectivity index (χ4v) is 4.35. The maximum absolute atomic E-state index is 12.2. The van der Waals surface area contributed by atoms with E-state index in [4.69, 9.17) is 9.84 Å². The number of amides is 2. The maximum Gasteiger partial charge on any atom is 0.407 e. The molecule has 0 radical (unpaired) electrons. The van der Waals surface area contributed by atoms with E-state index in [0.29, 0.717) is 6.42 Å². The third-order valence-corrected chi connectivity index (χ3v) is 5.61. The molecule has 0 bridgehead atoms. The first-order valence-corrected chi connectivity index (χ1v) is 11.2. The Hall–Kier alpha value is -3.35. The molecule has 2 amide bonds. The van der Waals surface area contributed by atoms with Crippen molar-refractivity contribution in [2.24, 2.45) is 5.41 Å². The number of benzene rings is 2. The zero-order chi connectivity index (χ0) is 24.0. The van der Waals surface area contributed by atoms with Crippen LogP contribution in [0.2, 0.25) is 0 Å². The molecule has 1 unspecified atom stereocenters. The second-order valence-electron chi connectivity index (χ2n) is 9.63. The van der Waals surface area contributed by atoms with Gasteiger partial charge in [-0.15, -0.1) is 0 Å². The van der Waals surface area contributed by atoms with E-state index in [9.17, 15) is 14.4 Å². The number of rotatable bonds is 9. The number of carbonyl (C=O) groups is 3. The van der Waals surface area contributed by atoms with Crippen LogP contribution >= 0.6 is 0 Å². The Labute approximate surface area is 194 Å². The molecule has 0 aromatic heterocycles. The van der Waals surface area contributed by atoms with E-state index in [1.54, 1.807) is 0 Å². The van der Waals surface area contributed by atoms with Gasteiger partial charge in [-0.05, 0) is 34.1 Å². The predicted octanol–water partition coefficient (Wildman–Crippen LogP) is 4.31. The Balaban J connectivity index is 1.46. The summed E-state index contributed by atoms with van der Waals surface area (Å²) in [5, 5.41) is 14.5. The lowest BCUT2D eigenvalue weighted by molar-refractivity contribution is -0.137. The van der Waals surface area contributed by atoms with Crippen molar-refractivity contribution in [2.75, 3.05) is 13.2 Å². The van der Waals surface area contributed by atoms with Gasteiger partial charge in [0.05, 0.1) is 6.42 Å². The quantitative estimate of drug-likeness (QED) is 0.526. The summed E-state index contributed by atoms with van der Waals surface area (Å²) in [4.78, 5) is 35.6. The first-order chi connectivity index (χ1) is 15.6. The molecule has 2 aromatic rings. The normalized spacial score (nSPS) is 13.5. The van der Waals surface area contributed by atoms with Crippen molar-refractivity contribution in [3.05, 3.63) is 59.7 Å². The summed E-state index contributed by atoms with van der Waals surface area (Å²) in [5.41, 5.74) is 4.46. The Morgan fingerprint density at radius 2 is 1.58 bits per heavy atom. The molecule has 0 heterocycles. The van der Waals surface area contributed by atoms with Gasteiger partial charge in [0, 0.05) is 24.9 Å². The lowest BCUT2D eigenvalue weighted by Gasteiger charge is -2.25. The Kier molecular flexibility index (Phi) is 7.74. The van der Waals surface area contributed by atoms with Gasteiger partial charge in [0.25, 0.3) is 0 Å². The van der Waals surface area contributed by atoms with Gasteiger partial charge in [-0.3, -0.25) is 9.59 Å². The number of hydrogen-bond acceptors (Lipinski definition) is 4. The number of nitrogens with one attached hydrogen (secondary N) is 2. The Bertz CT molecular complexity index is 966. The molecule has 7 nitrogen and oxygen atoms in total. The highest BCUT2D eigenvalue weighted by Crippen LogP contribution is 2.44. The van der Waals surface area contributed by atoms with Crippen LogP contribution in [0.1, 0.15) is 57.1 Å². The van der Waals surface area contributed by atoms with E-state index in [-0.39, 0.29) is 43.2 Å². The molecule has 33 heavy (non-hydrogen) atoms. The Morgan fingerprint density at radius 1 is 1.00 bits per heavy atom. The average molecular weight is 453 g/mol. The number of alkyl carbamates (subject to hydrolysis) is 1. The van der Waals surface area contributed by atoms with Gasteiger partial charge in [0.2, 0.25) is 5.91 Å². The zero-order valence-corrected chi connectivity index (χ0v) is 19.4. The van der Waals surface area contributed by atoms with Crippen LogP contribution in [0, 0.1) is 5.41 Å². The van der Waals surface area contributed by atoms with E-state index >= 15 is 0 Å². The smallest absolute Gasteiger partial charge is 0.407 e. The number of carboxylic acid groups (broad SMARTS) is 1. The van der Waals surface area contributed by atoms with Crippen LogP contribution in [-0.2, 0) is 14.3 Å². The van der Waals surface area contributed by atoms with Gasteiger partial charge in [-0.1, -0.05) is 69.3 Å². The molecule has 1 atom stereocenters. The number of carbonyl (C=O) groups excluding carboxylic acids is 2. The summed E-state index contributed by atoms with van der Waals surface area (Å²) in [7, 11) is 0. The topological polar surface area (TPSA) is 105 Å². The molecule has 3 rings (SSSR count). The van der Waals surface area contributed by atoms with Crippen molar-refractivity contribution in [3.8, 4) is 11.1 Å². The predicted molar refractivity (Wildman–Crippen MR) is 126 cm³/mol. The number of aliphatic carboxylic acids is 1. The first kappa shape index (κ1) is 24.3. The van der Waals surface area contributed by atoms with Gasteiger partial charge < -0.3 is 20.5 Å². The summed E-state index contributed by atoms with van der Waals surface area (Å²) in [5.74, 6) is -1.29. The van der Waals surface area contributed by atoms with E-state index in [1.807, 2.05) is 45.0 Å². The zero-order valence-electron chi connectivity index (χ0n) is 19.4. The molecule has 0 fully saturated rings. The monoisotopic (exact) mass is 452 g/mol. The number of hydrogen-bond donors (Lipinski definition) is 3. The summed E-state index contributed by atoms with van der Waals surface area (Å²) in [6, 6.07) is 15.8. The van der Waals surface area contributed by atoms with Gasteiger partial charge in [0.1, 0.15) is 6.61 Å². The molecule has 1 aliphatic carbocycles. The molecule has 2 aromatic carbocycles. The molecule has 0 saturated carbocycles. The molecule has 0 saturated heterocycles. The highest BCUT2D eigenvalue weighted by molar-refractivity contribution is 5.79. The van der Waals surface area contributed by atoms with Crippen molar-refractivity contribution in [3.63, 3.8) is 0 Å². The lowest BCUT2D eigenvalue weighted by atomic mass is 9.87. The SMILES string of the molecule is CC(C)(C)CC(CC(=O)O)NC(=O)CCNC(=O)OCC1c2ccccc2-c2ccccc21. The van der Waals surface area contributed by atoms with E-state index in [2.05, 4.69) is 34.9 Å². The first-order valence-electron chi connectivity index (χ1n) is 11.2. The van der Waals surface area contributed by atoms with Crippen LogP contribution in [0.25, 0.3) is 11.1 Å². The van der Waals surface area contributed by atoms with E-state index in [0.717, 1.165) is 22.3 Å². The van der Waals surface area contributed by atoms with Crippen molar-refractivity contribution < 1.29 is 24.2 Å². The molecule has 176 valence electrons. The van der Waals surface area contributed by atoms with Crippen molar-refractivity contribution >= 4 is 18.0 Å². The fourth-order valence-electron chi connectivity index (χ4n) is 4.35. The minimum Gasteiger partial charge on any atom is -0.481 e. The second kappa shape index (κ2) is 10.5. The van der Waals surface area contributed by atoms with Gasteiger partial charge in [-0.2, -0.15) is 0 Å². The third-order valence-electron chi connectivity index (χ3n) is 5.61. The standard InChI is InChI=1S/C26H32N2O5/c1-26(2,3)15-17(14-24(30)31)28-23(29)12-13-27-25(32)33-16-22-20-10-6-4-8-18(20)19-9-5-7-11-21(19)22/h4-11,17,22H,12-16H2,1-3H3,(H,27,32)(H,28,29)(H,30,31). The summed E-state index contributed by atoms with van der Waals surface area (Å²) in [6.45, 7) is 6.29. The highest BCUT2D eigenvalue weighted by Gasteiger charge is 2.29. The molecule has 1 aliphatic rings. The second-order valence-corrected chi connectivity index (χ2v) is 9.63. The highest BCUT2D eigenvalue weighted by atomic mass is 16.5. The number of fused-ring (bicyclic) bond motifs is 3.